The van der Waals surface area contributed by atoms with E-state index in [0.717, 1.165) is 5.56 Å². The minimum Gasteiger partial charge on any atom is -0.595 e. The molecule has 0 saturated heterocycles. The van der Waals surface area contributed by atoms with Crippen molar-refractivity contribution in [2.24, 2.45) is 0 Å². The minimum absolute atomic E-state index is 0.00657. The Morgan fingerprint density at radius 1 is 0.709 bits per heavy atom. The van der Waals surface area contributed by atoms with Gasteiger partial charge >= 0.3 is 24.0 Å². The number of hydrogen-bond donors (Lipinski definition) is 6. The van der Waals surface area contributed by atoms with E-state index in [4.69, 9.17) is 18.9 Å². The van der Waals surface area contributed by atoms with E-state index in [1.54, 1.807) is 51.1 Å². The van der Waals surface area contributed by atoms with Gasteiger partial charge in [-0.25, -0.2) is 10.0 Å². The van der Waals surface area contributed by atoms with Crippen molar-refractivity contribution in [2.75, 3.05) is 19.8 Å². The van der Waals surface area contributed by atoms with E-state index in [1.165, 1.54) is 38.1 Å². The Hall–Kier alpha value is -5.59. The number of benzene rings is 2. The zero-order chi connectivity index (χ0) is 41.0. The third-order valence-corrected chi connectivity index (χ3v) is 7.45. The van der Waals surface area contributed by atoms with Crippen molar-refractivity contribution in [3.8, 4) is 0 Å². The predicted molar refractivity (Wildman–Crippen MR) is 194 cm³/mol. The van der Waals surface area contributed by atoms with E-state index < -0.39 is 77.2 Å². The van der Waals surface area contributed by atoms with Gasteiger partial charge in [0.1, 0.15) is 36.9 Å². The highest BCUT2D eigenvalue weighted by Crippen LogP contribution is 2.11. The summed E-state index contributed by atoms with van der Waals surface area (Å²) in [5, 5.41) is 29.6. The molecule has 2 aromatic carbocycles. The summed E-state index contributed by atoms with van der Waals surface area (Å²) in [6.07, 6.45) is -0.890. The fourth-order valence-corrected chi connectivity index (χ4v) is 4.84. The highest BCUT2D eigenvalue weighted by Gasteiger charge is 2.31. The molecule has 4 atom stereocenters. The van der Waals surface area contributed by atoms with E-state index in [0.29, 0.717) is 5.56 Å². The van der Waals surface area contributed by atoms with Crippen molar-refractivity contribution in [2.45, 2.75) is 97.1 Å². The first-order valence-electron chi connectivity index (χ1n) is 17.6. The second-order valence-electron chi connectivity index (χ2n) is 13.4. The molecular weight excluding hydrogens is 722 g/mol. The molecule has 4 amide bonds. The number of amides is 4. The molecule has 18 nitrogen and oxygen atoms in total. The number of carbonyl (C=O) groups excluding carboxylic acids is 7. The van der Waals surface area contributed by atoms with Crippen molar-refractivity contribution in [3.63, 3.8) is 0 Å². The van der Waals surface area contributed by atoms with Gasteiger partial charge in [0.05, 0.1) is 13.2 Å². The fraction of sp³-hybridized carbons (Fsp3) is 0.486. The Labute approximate surface area is 319 Å². The largest absolute Gasteiger partial charge is 0.595 e. The number of carbonyl (C=O) groups is 7. The third-order valence-electron chi connectivity index (χ3n) is 7.45. The van der Waals surface area contributed by atoms with Crippen LogP contribution in [0.2, 0.25) is 0 Å². The molecule has 18 heteroatoms. The van der Waals surface area contributed by atoms with Crippen LogP contribution in [0.15, 0.2) is 54.6 Å². The molecule has 0 spiro atoms. The number of rotatable bonds is 21. The molecule has 0 aromatic heterocycles. The molecule has 0 aliphatic carbocycles. The van der Waals surface area contributed by atoms with Gasteiger partial charge in [0, 0.05) is 32.4 Å². The Kier molecular flexibility index (Phi) is 19.3. The number of alkyl carbamates (subject to hydrolysis) is 1. The average molecular weight is 774 g/mol. The van der Waals surface area contributed by atoms with Crippen LogP contribution in [0.25, 0.3) is 0 Å². The van der Waals surface area contributed by atoms with Crippen molar-refractivity contribution in [1.29, 1.82) is 0 Å². The van der Waals surface area contributed by atoms with Gasteiger partial charge in [-0.15, -0.1) is 0 Å². The Morgan fingerprint density at radius 3 is 1.75 bits per heavy atom. The zero-order valence-corrected chi connectivity index (χ0v) is 31.6. The quantitative estimate of drug-likeness (QED) is 0.0450. The molecule has 0 radical (unpaired) electrons. The zero-order valence-electron chi connectivity index (χ0n) is 31.6. The van der Waals surface area contributed by atoms with Crippen molar-refractivity contribution < 1.29 is 62.9 Å². The monoisotopic (exact) mass is 773 g/mol. The lowest BCUT2D eigenvalue weighted by Crippen LogP contribution is -2.99. The average Bonchev–Trinajstić information content (AvgIpc) is 3.11. The van der Waals surface area contributed by atoms with Crippen molar-refractivity contribution in [3.05, 3.63) is 70.9 Å². The van der Waals surface area contributed by atoms with Gasteiger partial charge in [-0.3, -0.25) is 28.8 Å². The molecule has 4 unspecified atom stereocenters. The van der Waals surface area contributed by atoms with E-state index in [1.807, 2.05) is 0 Å². The van der Waals surface area contributed by atoms with Crippen LogP contribution in [-0.2, 0) is 60.7 Å². The SMILES string of the molecule is CC(=O)OCCCC(NC(=O)OC(C)(C)C)C(=O)NC(CCCOC(C)=O)C(=O)NC(Cc1ccc([NH+]([O-])O)cc1)C(=O)NCC(=O)OCc1ccccc1. The summed E-state index contributed by atoms with van der Waals surface area (Å²) in [6.45, 7) is 6.60. The molecule has 0 heterocycles. The summed E-state index contributed by atoms with van der Waals surface area (Å²) in [6, 6.07) is 10.5. The first-order valence-corrected chi connectivity index (χ1v) is 17.6. The number of ether oxygens (including phenoxy) is 4. The van der Waals surface area contributed by atoms with Crippen molar-refractivity contribution in [1.82, 2.24) is 21.3 Å². The van der Waals surface area contributed by atoms with Crippen LogP contribution in [0.5, 0.6) is 0 Å². The summed E-state index contributed by atoms with van der Waals surface area (Å²) in [4.78, 5) is 88.7. The molecular formula is C37H51N5O13. The van der Waals surface area contributed by atoms with Crippen LogP contribution < -0.4 is 26.5 Å². The van der Waals surface area contributed by atoms with Gasteiger partial charge in [0.25, 0.3) is 0 Å². The van der Waals surface area contributed by atoms with E-state index in [-0.39, 0.29) is 57.6 Å². The Morgan fingerprint density at radius 2 is 1.24 bits per heavy atom. The summed E-state index contributed by atoms with van der Waals surface area (Å²) in [5.74, 6) is -4.26. The summed E-state index contributed by atoms with van der Waals surface area (Å²) in [5.41, 5.74) is 0.283. The highest BCUT2D eigenvalue weighted by molar-refractivity contribution is 5.94. The lowest BCUT2D eigenvalue weighted by molar-refractivity contribution is -0.991. The normalized spacial score (nSPS) is 13.1. The van der Waals surface area contributed by atoms with Crippen LogP contribution in [0.3, 0.4) is 0 Å². The second kappa shape index (κ2) is 23.3. The van der Waals surface area contributed by atoms with Crippen LogP contribution in [0, 0.1) is 5.21 Å². The maximum absolute atomic E-state index is 13.9. The van der Waals surface area contributed by atoms with Crippen LogP contribution in [0.4, 0.5) is 10.5 Å². The third kappa shape index (κ3) is 19.3. The van der Waals surface area contributed by atoms with Crippen molar-refractivity contribution >= 4 is 47.4 Å². The topological polar surface area (TPSA) is 252 Å². The minimum atomic E-state index is -1.34. The molecule has 0 aliphatic rings. The van der Waals surface area contributed by atoms with Crippen LogP contribution in [-0.4, -0.2) is 90.4 Å². The van der Waals surface area contributed by atoms with Crippen LogP contribution in [0.1, 0.15) is 71.4 Å². The molecule has 2 aromatic rings. The van der Waals surface area contributed by atoms with Gasteiger partial charge in [-0.1, -0.05) is 42.5 Å². The highest BCUT2D eigenvalue weighted by atomic mass is 16.8. The molecule has 2 rings (SSSR count). The van der Waals surface area contributed by atoms with E-state index in [2.05, 4.69) is 21.3 Å². The second-order valence-corrected chi connectivity index (χ2v) is 13.4. The first-order chi connectivity index (χ1) is 25.9. The Balaban J connectivity index is 2.30. The summed E-state index contributed by atoms with van der Waals surface area (Å²) in [7, 11) is 0. The van der Waals surface area contributed by atoms with Gasteiger partial charge < -0.3 is 45.4 Å². The van der Waals surface area contributed by atoms with Gasteiger partial charge in [0.15, 0.2) is 5.69 Å². The molecule has 302 valence electrons. The molecule has 6 N–H and O–H groups in total. The first kappa shape index (κ1) is 45.6. The fourth-order valence-electron chi connectivity index (χ4n) is 4.84. The summed E-state index contributed by atoms with van der Waals surface area (Å²) >= 11 is 0. The molecule has 0 bridgehead atoms. The lowest BCUT2D eigenvalue weighted by Gasteiger charge is -2.26. The van der Waals surface area contributed by atoms with E-state index in [9.17, 15) is 44.0 Å². The van der Waals surface area contributed by atoms with E-state index >= 15 is 0 Å². The molecule has 0 fully saturated rings. The number of hydrogen-bond acceptors (Lipinski definition) is 13. The predicted octanol–water partition coefficient (Wildman–Crippen LogP) is 1.04. The molecule has 0 aliphatic heterocycles. The maximum atomic E-state index is 13.9. The molecule has 55 heavy (non-hydrogen) atoms. The van der Waals surface area contributed by atoms with Gasteiger partial charge in [0.2, 0.25) is 17.7 Å². The van der Waals surface area contributed by atoms with Gasteiger partial charge in [-0.2, -0.15) is 5.23 Å². The Bertz CT molecular complexity index is 1580. The molecule has 0 saturated carbocycles. The van der Waals surface area contributed by atoms with Gasteiger partial charge in [-0.05, 0) is 57.6 Å². The smallest absolute Gasteiger partial charge is 0.408 e. The summed E-state index contributed by atoms with van der Waals surface area (Å²) < 4.78 is 20.5. The standard InChI is InChI=1S/C37H51N5O13/c1-24(43)52-19-9-13-29(39-35(48)30(14-10-20-53-25(2)44)41-36(49)55-37(3,4)5)34(47)40-31(21-26-15-17-28(18-16-26)42(50)51)33(46)38-22-32(45)54-23-27-11-7-6-8-12-27/h6-8,11-12,15-18,29-31,42,50H,9-10,13-14,19-23H2,1-5H3,(H,38,46)(H,39,48)(H,40,47)(H,41,49). The number of esters is 3. The number of quaternary nitrogens is 1. The maximum Gasteiger partial charge on any atom is 0.408 e. The van der Waals surface area contributed by atoms with Crippen LogP contribution >= 0.6 is 0 Å². The number of nitrogens with one attached hydrogen (secondary N) is 5. The lowest BCUT2D eigenvalue weighted by atomic mass is 10.0.